The number of benzene rings is 2. The number of hydrogen-bond acceptors (Lipinski definition) is 1. The molecular weight excluding hydrogens is 309 g/mol. The van der Waals surface area contributed by atoms with Gasteiger partial charge < -0.3 is 5.32 Å². The zero-order valence-corrected chi connectivity index (χ0v) is 12.2. The molecule has 19 heavy (non-hydrogen) atoms. The van der Waals surface area contributed by atoms with Gasteiger partial charge >= 0.3 is 0 Å². The fourth-order valence-corrected chi connectivity index (χ4v) is 2.30. The highest BCUT2D eigenvalue weighted by Gasteiger charge is 2.09. The van der Waals surface area contributed by atoms with Gasteiger partial charge in [-0.3, -0.25) is 4.79 Å². The molecule has 0 bridgehead atoms. The van der Waals surface area contributed by atoms with Crippen molar-refractivity contribution in [2.24, 2.45) is 0 Å². The molecule has 0 aliphatic rings. The molecule has 0 unspecified atom stereocenters. The first kappa shape index (κ1) is 13.7. The van der Waals surface area contributed by atoms with Crippen molar-refractivity contribution in [1.29, 1.82) is 0 Å². The molecule has 2 aromatic carbocycles. The maximum absolute atomic E-state index is 13.3. The zero-order chi connectivity index (χ0) is 14.0. The van der Waals surface area contributed by atoms with Gasteiger partial charge in [0.15, 0.2) is 0 Å². The van der Waals surface area contributed by atoms with Crippen molar-refractivity contribution in [2.45, 2.75) is 13.8 Å². The summed E-state index contributed by atoms with van der Waals surface area (Å²) in [6.45, 7) is 3.65. The Morgan fingerprint density at radius 2 is 1.89 bits per heavy atom. The van der Waals surface area contributed by atoms with Crippen molar-refractivity contribution in [3.63, 3.8) is 0 Å². The number of carbonyl (C=O) groups is 1. The first-order valence-corrected chi connectivity index (χ1v) is 6.60. The van der Waals surface area contributed by atoms with Crippen LogP contribution in [0.4, 0.5) is 10.1 Å². The van der Waals surface area contributed by atoms with Crippen LogP contribution in [0.15, 0.2) is 40.9 Å². The Morgan fingerprint density at radius 3 is 2.53 bits per heavy atom. The Bertz CT molecular complexity index is 620. The lowest BCUT2D eigenvalue weighted by Gasteiger charge is -2.09. The number of hydrogen-bond donors (Lipinski definition) is 1. The van der Waals surface area contributed by atoms with Crippen LogP contribution in [0.2, 0.25) is 0 Å². The van der Waals surface area contributed by atoms with E-state index in [1.165, 1.54) is 12.1 Å². The van der Waals surface area contributed by atoms with Crippen LogP contribution in [-0.2, 0) is 0 Å². The second-order valence-electron chi connectivity index (χ2n) is 4.43. The maximum Gasteiger partial charge on any atom is 0.255 e. The molecule has 1 N–H and O–H groups in total. The van der Waals surface area contributed by atoms with E-state index in [4.69, 9.17) is 0 Å². The summed E-state index contributed by atoms with van der Waals surface area (Å²) in [4.78, 5) is 12.1. The normalized spacial score (nSPS) is 10.3. The van der Waals surface area contributed by atoms with Crippen molar-refractivity contribution in [3.8, 4) is 0 Å². The van der Waals surface area contributed by atoms with Crippen LogP contribution < -0.4 is 5.32 Å². The molecule has 2 nitrogen and oxygen atoms in total. The maximum atomic E-state index is 13.3. The number of aryl methyl sites for hydroxylation is 2. The first-order chi connectivity index (χ1) is 8.95. The van der Waals surface area contributed by atoms with Crippen LogP contribution in [0.5, 0.6) is 0 Å². The van der Waals surface area contributed by atoms with Crippen LogP contribution in [0.3, 0.4) is 0 Å². The van der Waals surface area contributed by atoms with E-state index in [0.29, 0.717) is 5.56 Å². The second-order valence-corrected chi connectivity index (χ2v) is 5.35. The second kappa shape index (κ2) is 5.53. The van der Waals surface area contributed by atoms with Gasteiger partial charge in [0.25, 0.3) is 5.91 Å². The van der Waals surface area contributed by atoms with Crippen LogP contribution in [0.1, 0.15) is 21.5 Å². The molecule has 0 atom stereocenters. The Kier molecular flexibility index (Phi) is 4.00. The number of rotatable bonds is 2. The number of anilines is 1. The van der Waals surface area contributed by atoms with Crippen LogP contribution in [-0.4, -0.2) is 5.91 Å². The molecule has 0 spiro atoms. The highest BCUT2D eigenvalue weighted by Crippen LogP contribution is 2.21. The van der Waals surface area contributed by atoms with E-state index in [-0.39, 0.29) is 5.91 Å². The van der Waals surface area contributed by atoms with Crippen LogP contribution >= 0.6 is 15.9 Å². The minimum absolute atomic E-state index is 0.312. The monoisotopic (exact) mass is 321 g/mol. The largest absolute Gasteiger partial charge is 0.322 e. The minimum Gasteiger partial charge on any atom is -0.322 e. The number of amides is 1. The van der Waals surface area contributed by atoms with Gasteiger partial charge in [-0.2, -0.15) is 0 Å². The molecule has 1 amide bonds. The van der Waals surface area contributed by atoms with Crippen LogP contribution in [0.25, 0.3) is 0 Å². The average Bonchev–Trinajstić information content (AvgIpc) is 2.31. The topological polar surface area (TPSA) is 29.1 Å². The molecule has 0 heterocycles. The summed E-state index contributed by atoms with van der Waals surface area (Å²) >= 11 is 3.36. The van der Waals surface area contributed by atoms with Crippen molar-refractivity contribution in [3.05, 3.63) is 63.4 Å². The van der Waals surface area contributed by atoms with E-state index in [1.807, 2.05) is 25.1 Å². The fraction of sp³-hybridized carbons (Fsp3) is 0.133. The lowest BCUT2D eigenvalue weighted by Crippen LogP contribution is -2.13. The summed E-state index contributed by atoms with van der Waals surface area (Å²) in [5.41, 5.74) is 2.70. The van der Waals surface area contributed by atoms with Crippen molar-refractivity contribution in [2.75, 3.05) is 5.32 Å². The third-order valence-corrected chi connectivity index (χ3v) is 3.23. The predicted octanol–water partition coefficient (Wildman–Crippen LogP) is 4.46. The van der Waals surface area contributed by atoms with Gasteiger partial charge in [-0.1, -0.05) is 15.9 Å². The Labute approximate surface area is 119 Å². The molecule has 2 rings (SSSR count). The third-order valence-electron chi connectivity index (χ3n) is 2.74. The molecule has 0 aromatic heterocycles. The fourth-order valence-electron chi connectivity index (χ4n) is 1.83. The molecule has 0 saturated carbocycles. The minimum atomic E-state index is -0.405. The van der Waals surface area contributed by atoms with E-state index in [1.54, 1.807) is 13.0 Å². The summed E-state index contributed by atoms with van der Waals surface area (Å²) < 4.78 is 14.2. The molecule has 98 valence electrons. The van der Waals surface area contributed by atoms with Gasteiger partial charge in [0, 0.05) is 15.7 Å². The van der Waals surface area contributed by atoms with Gasteiger partial charge in [-0.05, 0) is 61.4 Å². The van der Waals surface area contributed by atoms with Gasteiger partial charge in [-0.15, -0.1) is 0 Å². The van der Waals surface area contributed by atoms with E-state index in [9.17, 15) is 9.18 Å². The number of carbonyl (C=O) groups excluding carboxylic acids is 1. The standard InChI is InChI=1S/C15H13BrFNO/c1-9-5-11(8-13(17)6-9)15(19)18-14-4-3-12(16)7-10(14)2/h3-8H,1-2H3,(H,18,19). The molecule has 0 saturated heterocycles. The summed E-state index contributed by atoms with van der Waals surface area (Å²) in [6.07, 6.45) is 0. The van der Waals surface area contributed by atoms with Gasteiger partial charge in [0.05, 0.1) is 0 Å². The summed E-state index contributed by atoms with van der Waals surface area (Å²) in [5.74, 6) is -0.717. The third kappa shape index (κ3) is 3.41. The molecule has 0 aliphatic carbocycles. The van der Waals surface area contributed by atoms with Gasteiger partial charge in [-0.25, -0.2) is 4.39 Å². The molecule has 0 fully saturated rings. The summed E-state index contributed by atoms with van der Waals surface area (Å²) in [5, 5.41) is 2.78. The lowest BCUT2D eigenvalue weighted by molar-refractivity contribution is 0.102. The Balaban J connectivity index is 2.25. The van der Waals surface area contributed by atoms with Gasteiger partial charge in [0.1, 0.15) is 5.82 Å². The van der Waals surface area contributed by atoms with E-state index in [2.05, 4.69) is 21.2 Å². The molecular formula is C15H13BrFNO. The number of nitrogens with one attached hydrogen (secondary N) is 1. The Hall–Kier alpha value is -1.68. The Morgan fingerprint density at radius 1 is 1.16 bits per heavy atom. The highest BCUT2D eigenvalue weighted by atomic mass is 79.9. The summed E-state index contributed by atoms with van der Waals surface area (Å²) in [7, 11) is 0. The van der Waals surface area contributed by atoms with Gasteiger partial charge in [0.2, 0.25) is 0 Å². The van der Waals surface area contributed by atoms with E-state index in [0.717, 1.165) is 21.3 Å². The quantitative estimate of drug-likeness (QED) is 0.869. The SMILES string of the molecule is Cc1cc(F)cc(C(=O)Nc2ccc(Br)cc2C)c1. The van der Waals surface area contributed by atoms with Crippen molar-refractivity contribution in [1.82, 2.24) is 0 Å². The molecule has 4 heteroatoms. The highest BCUT2D eigenvalue weighted by molar-refractivity contribution is 9.10. The lowest BCUT2D eigenvalue weighted by atomic mass is 10.1. The molecule has 0 radical (unpaired) electrons. The zero-order valence-electron chi connectivity index (χ0n) is 10.6. The smallest absolute Gasteiger partial charge is 0.255 e. The van der Waals surface area contributed by atoms with E-state index < -0.39 is 5.82 Å². The predicted molar refractivity (Wildman–Crippen MR) is 78.0 cm³/mol. The average molecular weight is 322 g/mol. The van der Waals surface area contributed by atoms with Crippen molar-refractivity contribution < 1.29 is 9.18 Å². The number of halogens is 2. The molecule has 2 aromatic rings. The van der Waals surface area contributed by atoms with Crippen molar-refractivity contribution >= 4 is 27.5 Å². The van der Waals surface area contributed by atoms with E-state index >= 15 is 0 Å². The molecule has 0 aliphatic heterocycles. The summed E-state index contributed by atoms with van der Waals surface area (Å²) in [6, 6.07) is 9.85. The van der Waals surface area contributed by atoms with Crippen LogP contribution in [0, 0.1) is 19.7 Å². The first-order valence-electron chi connectivity index (χ1n) is 5.80.